The number of hydrogen-bond acceptors (Lipinski definition) is 0. The van der Waals surface area contributed by atoms with E-state index < -0.39 is 0 Å². The summed E-state index contributed by atoms with van der Waals surface area (Å²) in [4.78, 5) is 0. The zero-order chi connectivity index (χ0) is 16.3. The SMILES string of the molecule is CCCCCCCCCCP(C)CCCCCCCCCC. The van der Waals surface area contributed by atoms with Gasteiger partial charge in [0.25, 0.3) is 0 Å². The molecule has 0 saturated carbocycles. The summed E-state index contributed by atoms with van der Waals surface area (Å²) in [5.41, 5.74) is 0. The van der Waals surface area contributed by atoms with Crippen molar-refractivity contribution in [2.24, 2.45) is 0 Å². The fourth-order valence-electron chi connectivity index (χ4n) is 3.14. The maximum absolute atomic E-state index is 2.54. The molecule has 0 heterocycles. The van der Waals surface area contributed by atoms with E-state index in [9.17, 15) is 0 Å². The van der Waals surface area contributed by atoms with Crippen LogP contribution in [0.2, 0.25) is 0 Å². The van der Waals surface area contributed by atoms with E-state index in [1.807, 2.05) is 0 Å². The molecule has 0 radical (unpaired) electrons. The van der Waals surface area contributed by atoms with Gasteiger partial charge in [0.15, 0.2) is 0 Å². The lowest BCUT2D eigenvalue weighted by Crippen LogP contribution is -1.91. The molecule has 0 spiro atoms. The second-order valence-corrected chi connectivity index (χ2v) is 9.86. The van der Waals surface area contributed by atoms with Crippen molar-refractivity contribution in [2.75, 3.05) is 19.0 Å². The van der Waals surface area contributed by atoms with E-state index in [2.05, 4.69) is 20.5 Å². The van der Waals surface area contributed by atoms with Crippen LogP contribution in [0.3, 0.4) is 0 Å². The molecule has 0 aliphatic rings. The van der Waals surface area contributed by atoms with Gasteiger partial charge in [0.2, 0.25) is 0 Å². The first-order chi connectivity index (χ1) is 10.8. The van der Waals surface area contributed by atoms with E-state index in [4.69, 9.17) is 0 Å². The van der Waals surface area contributed by atoms with Gasteiger partial charge < -0.3 is 0 Å². The first kappa shape index (κ1) is 22.4. The van der Waals surface area contributed by atoms with Crippen LogP contribution in [0.25, 0.3) is 0 Å². The van der Waals surface area contributed by atoms with Gasteiger partial charge in [0.05, 0.1) is 0 Å². The second kappa shape index (κ2) is 19.5. The largest absolute Gasteiger partial charge is 0.110 e. The average Bonchev–Trinajstić information content (AvgIpc) is 2.52. The van der Waals surface area contributed by atoms with Crippen LogP contribution < -0.4 is 0 Å². The topological polar surface area (TPSA) is 0 Å². The molecule has 0 rings (SSSR count). The highest BCUT2D eigenvalue weighted by atomic mass is 31.1. The molecule has 1 heteroatoms. The van der Waals surface area contributed by atoms with Crippen molar-refractivity contribution in [1.29, 1.82) is 0 Å². The molecule has 0 aliphatic heterocycles. The Morgan fingerprint density at radius 2 is 0.682 bits per heavy atom. The van der Waals surface area contributed by atoms with Crippen molar-refractivity contribution in [3.63, 3.8) is 0 Å². The average molecular weight is 329 g/mol. The third-order valence-corrected chi connectivity index (χ3v) is 6.95. The standard InChI is InChI=1S/C21H45P/c1-4-6-8-10-12-14-16-18-20-22(3)21-19-17-15-13-11-9-7-5-2/h4-21H2,1-3H3. The van der Waals surface area contributed by atoms with Gasteiger partial charge in [-0.25, -0.2) is 0 Å². The van der Waals surface area contributed by atoms with Crippen LogP contribution in [-0.4, -0.2) is 19.0 Å². The smallest absolute Gasteiger partial charge is 0.0328 e. The van der Waals surface area contributed by atoms with Gasteiger partial charge in [0, 0.05) is 0 Å². The van der Waals surface area contributed by atoms with Crippen molar-refractivity contribution in [3.05, 3.63) is 0 Å². The maximum Gasteiger partial charge on any atom is -0.0328 e. The van der Waals surface area contributed by atoms with Gasteiger partial charge in [-0.2, -0.15) is 0 Å². The molecular formula is C21H45P. The summed E-state index contributed by atoms with van der Waals surface area (Å²) >= 11 is 0. The molecule has 0 unspecified atom stereocenters. The van der Waals surface area contributed by atoms with Crippen molar-refractivity contribution < 1.29 is 0 Å². The van der Waals surface area contributed by atoms with Crippen LogP contribution in [-0.2, 0) is 0 Å². The molecule has 22 heavy (non-hydrogen) atoms. The molecule has 0 aromatic carbocycles. The van der Waals surface area contributed by atoms with E-state index in [0.29, 0.717) is 7.92 Å². The molecular weight excluding hydrogens is 283 g/mol. The monoisotopic (exact) mass is 328 g/mol. The third-order valence-electron chi connectivity index (χ3n) is 4.79. The van der Waals surface area contributed by atoms with Crippen molar-refractivity contribution in [2.45, 2.75) is 117 Å². The number of hydrogen-bond donors (Lipinski definition) is 0. The molecule has 0 atom stereocenters. The van der Waals surface area contributed by atoms with Crippen LogP contribution in [0.5, 0.6) is 0 Å². The first-order valence-corrected chi connectivity index (χ1v) is 12.7. The zero-order valence-electron chi connectivity index (χ0n) is 16.2. The lowest BCUT2D eigenvalue weighted by atomic mass is 10.1. The molecule has 0 aromatic heterocycles. The molecule has 0 nitrogen and oxygen atoms in total. The van der Waals surface area contributed by atoms with Crippen LogP contribution in [0.4, 0.5) is 0 Å². The highest BCUT2D eigenvalue weighted by Gasteiger charge is 2.01. The quantitative estimate of drug-likeness (QED) is 0.175. The zero-order valence-corrected chi connectivity index (χ0v) is 17.1. The normalized spacial score (nSPS) is 11.5. The summed E-state index contributed by atoms with van der Waals surface area (Å²) in [6, 6.07) is 0. The van der Waals surface area contributed by atoms with Crippen LogP contribution >= 0.6 is 7.92 Å². The summed E-state index contributed by atoms with van der Waals surface area (Å²) in [5, 5.41) is 0. The Labute approximate surface area is 144 Å². The molecule has 0 fully saturated rings. The molecule has 0 aromatic rings. The minimum atomic E-state index is 0.359. The summed E-state index contributed by atoms with van der Waals surface area (Å²) < 4.78 is 0. The van der Waals surface area contributed by atoms with Crippen LogP contribution in [0.1, 0.15) is 117 Å². The van der Waals surface area contributed by atoms with Crippen LogP contribution in [0.15, 0.2) is 0 Å². The molecule has 134 valence electrons. The van der Waals surface area contributed by atoms with E-state index in [1.54, 1.807) is 12.3 Å². The second-order valence-electron chi connectivity index (χ2n) is 7.25. The lowest BCUT2D eigenvalue weighted by molar-refractivity contribution is 0.584. The molecule has 0 aliphatic carbocycles. The van der Waals surface area contributed by atoms with Crippen molar-refractivity contribution in [3.8, 4) is 0 Å². The Kier molecular flexibility index (Phi) is 19.9. The molecule has 0 saturated heterocycles. The first-order valence-electron chi connectivity index (χ1n) is 10.5. The van der Waals surface area contributed by atoms with Crippen molar-refractivity contribution in [1.82, 2.24) is 0 Å². The Morgan fingerprint density at radius 1 is 0.409 bits per heavy atom. The Morgan fingerprint density at radius 3 is 1.00 bits per heavy atom. The highest BCUT2D eigenvalue weighted by Crippen LogP contribution is 2.33. The van der Waals surface area contributed by atoms with Gasteiger partial charge in [0.1, 0.15) is 0 Å². The Balaban J connectivity index is 3.11. The number of unbranched alkanes of at least 4 members (excludes halogenated alkanes) is 14. The van der Waals surface area contributed by atoms with Gasteiger partial charge in [-0.1, -0.05) is 104 Å². The van der Waals surface area contributed by atoms with E-state index >= 15 is 0 Å². The molecule has 0 N–H and O–H groups in total. The van der Waals surface area contributed by atoms with E-state index in [0.717, 1.165) is 0 Å². The fourth-order valence-corrected chi connectivity index (χ4v) is 4.89. The Bertz CT molecular complexity index is 170. The van der Waals surface area contributed by atoms with E-state index in [1.165, 1.54) is 103 Å². The van der Waals surface area contributed by atoms with Gasteiger partial charge in [-0.3, -0.25) is 0 Å². The minimum absolute atomic E-state index is 0.359. The predicted octanol–water partition coefficient (Wildman–Crippen LogP) is 8.38. The molecule has 0 bridgehead atoms. The number of rotatable bonds is 18. The van der Waals surface area contributed by atoms with Gasteiger partial charge >= 0.3 is 0 Å². The summed E-state index contributed by atoms with van der Waals surface area (Å²) in [7, 11) is 0.359. The van der Waals surface area contributed by atoms with Crippen molar-refractivity contribution >= 4 is 7.92 Å². The summed E-state index contributed by atoms with van der Waals surface area (Å²) in [6.45, 7) is 7.14. The highest BCUT2D eigenvalue weighted by molar-refractivity contribution is 7.56. The predicted molar refractivity (Wildman–Crippen MR) is 108 cm³/mol. The fraction of sp³-hybridized carbons (Fsp3) is 1.00. The van der Waals surface area contributed by atoms with Gasteiger partial charge in [-0.15, -0.1) is 7.92 Å². The maximum atomic E-state index is 2.54. The van der Waals surface area contributed by atoms with E-state index in [-0.39, 0.29) is 0 Å². The van der Waals surface area contributed by atoms with Gasteiger partial charge in [-0.05, 0) is 31.8 Å². The third kappa shape index (κ3) is 18.5. The summed E-state index contributed by atoms with van der Waals surface area (Å²) in [6.07, 6.45) is 26.6. The van der Waals surface area contributed by atoms with Crippen LogP contribution in [0, 0.1) is 0 Å². The molecule has 0 amide bonds. The Hall–Kier alpha value is 0.430. The summed E-state index contributed by atoms with van der Waals surface area (Å²) in [5.74, 6) is 0. The lowest BCUT2D eigenvalue weighted by Gasteiger charge is -2.12. The minimum Gasteiger partial charge on any atom is -0.110 e.